The third-order valence-corrected chi connectivity index (χ3v) is 6.72. The number of halogens is 2. The summed E-state index contributed by atoms with van der Waals surface area (Å²) in [6, 6.07) is 14.4. The van der Waals surface area contributed by atoms with E-state index in [0.717, 1.165) is 44.9 Å². The number of carbonyl (C=O) groups excluding carboxylic acids is 1. The monoisotopic (exact) mass is 511 g/mol. The molecule has 8 heteroatoms. The quantitative estimate of drug-likeness (QED) is 0.353. The molecule has 0 N–H and O–H groups in total. The number of benzene rings is 2. The lowest BCUT2D eigenvalue weighted by atomic mass is 10.1. The van der Waals surface area contributed by atoms with E-state index >= 15 is 0 Å². The fourth-order valence-corrected chi connectivity index (χ4v) is 4.60. The van der Waals surface area contributed by atoms with E-state index in [0.29, 0.717) is 32.9 Å². The molecule has 2 aromatic heterocycles. The van der Waals surface area contributed by atoms with Crippen molar-refractivity contribution in [1.29, 1.82) is 0 Å². The standard InChI is InChI=1S/C25H23BrFN3O3/c26-21-6-5-18(27)13-17(21)16-30-23-4-2-1-3-19(23)20-14-22(28-15-24(20)30)25(31)33-12-9-29-7-10-32-11-8-29/h1-6,13-15H,7-12,16H2. The highest BCUT2D eigenvalue weighted by molar-refractivity contribution is 9.10. The molecule has 4 aromatic rings. The predicted octanol–water partition coefficient (Wildman–Crippen LogP) is 4.63. The van der Waals surface area contributed by atoms with Gasteiger partial charge in [0.25, 0.3) is 0 Å². The third-order valence-electron chi connectivity index (χ3n) is 5.95. The van der Waals surface area contributed by atoms with Crippen molar-refractivity contribution in [2.75, 3.05) is 39.5 Å². The first-order chi connectivity index (χ1) is 16.1. The first-order valence-electron chi connectivity index (χ1n) is 10.9. The van der Waals surface area contributed by atoms with Gasteiger partial charge in [-0.3, -0.25) is 4.90 Å². The topological polar surface area (TPSA) is 56.6 Å². The van der Waals surface area contributed by atoms with Crippen molar-refractivity contribution >= 4 is 43.7 Å². The van der Waals surface area contributed by atoms with Crippen molar-refractivity contribution in [1.82, 2.24) is 14.5 Å². The van der Waals surface area contributed by atoms with Crippen LogP contribution in [0.3, 0.4) is 0 Å². The van der Waals surface area contributed by atoms with Gasteiger partial charge in [-0.2, -0.15) is 0 Å². The van der Waals surface area contributed by atoms with Gasteiger partial charge in [0.15, 0.2) is 0 Å². The van der Waals surface area contributed by atoms with Gasteiger partial charge in [0.2, 0.25) is 0 Å². The highest BCUT2D eigenvalue weighted by Gasteiger charge is 2.17. The average molecular weight is 512 g/mol. The van der Waals surface area contributed by atoms with Gasteiger partial charge in [0.05, 0.1) is 24.9 Å². The Labute approximate surface area is 199 Å². The fraction of sp³-hybridized carbons (Fsp3) is 0.280. The molecule has 0 spiro atoms. The van der Waals surface area contributed by atoms with E-state index in [1.54, 1.807) is 18.3 Å². The summed E-state index contributed by atoms with van der Waals surface area (Å²) in [5.41, 5.74) is 2.96. The molecule has 6 nitrogen and oxygen atoms in total. The van der Waals surface area contributed by atoms with Gasteiger partial charge in [0, 0.05) is 46.9 Å². The highest BCUT2D eigenvalue weighted by atomic mass is 79.9. The molecule has 0 aliphatic carbocycles. The molecule has 3 heterocycles. The largest absolute Gasteiger partial charge is 0.460 e. The van der Waals surface area contributed by atoms with Crippen molar-refractivity contribution in [2.45, 2.75) is 6.54 Å². The first-order valence-corrected chi connectivity index (χ1v) is 11.7. The van der Waals surface area contributed by atoms with E-state index < -0.39 is 5.97 Å². The Morgan fingerprint density at radius 1 is 1.09 bits per heavy atom. The Hall–Kier alpha value is -2.81. The van der Waals surface area contributed by atoms with E-state index in [2.05, 4.69) is 30.4 Å². The zero-order chi connectivity index (χ0) is 22.8. The number of nitrogens with zero attached hydrogens (tertiary/aromatic N) is 3. The maximum atomic E-state index is 13.9. The van der Waals surface area contributed by atoms with E-state index in [4.69, 9.17) is 9.47 Å². The number of rotatable bonds is 6. The summed E-state index contributed by atoms with van der Waals surface area (Å²) in [6.07, 6.45) is 1.70. The summed E-state index contributed by atoms with van der Waals surface area (Å²) in [5.74, 6) is -0.718. The van der Waals surface area contributed by atoms with Crippen molar-refractivity contribution in [3.63, 3.8) is 0 Å². The van der Waals surface area contributed by atoms with Gasteiger partial charge in [-0.1, -0.05) is 34.1 Å². The summed E-state index contributed by atoms with van der Waals surface area (Å²) in [6.45, 7) is 4.58. The van der Waals surface area contributed by atoms with Gasteiger partial charge >= 0.3 is 5.97 Å². The Kier molecular flexibility index (Phi) is 6.39. The zero-order valence-electron chi connectivity index (χ0n) is 18.0. The van der Waals surface area contributed by atoms with Crippen LogP contribution in [-0.4, -0.2) is 59.9 Å². The normalized spacial score (nSPS) is 14.7. The number of ether oxygens (including phenoxy) is 2. The molecule has 1 aliphatic rings. The number of pyridine rings is 1. The minimum absolute atomic E-state index is 0.277. The Morgan fingerprint density at radius 2 is 1.91 bits per heavy atom. The summed E-state index contributed by atoms with van der Waals surface area (Å²) >= 11 is 3.52. The summed E-state index contributed by atoms with van der Waals surface area (Å²) < 4.78 is 27.6. The minimum Gasteiger partial charge on any atom is -0.460 e. The van der Waals surface area contributed by atoms with Crippen LogP contribution in [0.25, 0.3) is 21.8 Å². The Balaban J connectivity index is 1.42. The molecule has 5 rings (SSSR count). The Morgan fingerprint density at radius 3 is 2.76 bits per heavy atom. The molecule has 1 aliphatic heterocycles. The first kappa shape index (κ1) is 22.0. The average Bonchev–Trinajstić information content (AvgIpc) is 3.15. The highest BCUT2D eigenvalue weighted by Crippen LogP contribution is 2.31. The number of carbonyl (C=O) groups is 1. The van der Waals surface area contributed by atoms with Crippen molar-refractivity contribution in [3.05, 3.63) is 76.3 Å². The van der Waals surface area contributed by atoms with Gasteiger partial charge in [0.1, 0.15) is 18.1 Å². The lowest BCUT2D eigenvalue weighted by Crippen LogP contribution is -2.38. The molecule has 1 saturated heterocycles. The van der Waals surface area contributed by atoms with Crippen LogP contribution >= 0.6 is 15.9 Å². The molecule has 0 bridgehead atoms. The molecule has 0 unspecified atom stereocenters. The Bertz CT molecular complexity index is 1320. The van der Waals surface area contributed by atoms with Gasteiger partial charge in [-0.25, -0.2) is 14.2 Å². The number of esters is 1. The molecular formula is C25H23BrFN3O3. The molecule has 2 aromatic carbocycles. The second-order valence-electron chi connectivity index (χ2n) is 8.02. The van der Waals surface area contributed by atoms with Crippen LogP contribution in [0.5, 0.6) is 0 Å². The van der Waals surface area contributed by atoms with Crippen LogP contribution in [0, 0.1) is 5.82 Å². The van der Waals surface area contributed by atoms with Crippen LogP contribution in [0.2, 0.25) is 0 Å². The molecule has 1 fully saturated rings. The number of fused-ring (bicyclic) bond motifs is 3. The van der Waals surface area contributed by atoms with E-state index in [-0.39, 0.29) is 11.5 Å². The second-order valence-corrected chi connectivity index (χ2v) is 8.87. The van der Waals surface area contributed by atoms with Crippen LogP contribution < -0.4 is 0 Å². The van der Waals surface area contributed by atoms with E-state index in [1.165, 1.54) is 12.1 Å². The van der Waals surface area contributed by atoms with Crippen molar-refractivity contribution in [2.24, 2.45) is 0 Å². The molecule has 170 valence electrons. The molecule has 0 atom stereocenters. The maximum Gasteiger partial charge on any atom is 0.356 e. The summed E-state index contributed by atoms with van der Waals surface area (Å²) in [5, 5.41) is 1.91. The number of para-hydroxylation sites is 1. The number of aromatic nitrogens is 2. The maximum absolute atomic E-state index is 13.9. The lowest BCUT2D eigenvalue weighted by Gasteiger charge is -2.26. The van der Waals surface area contributed by atoms with Gasteiger partial charge in [-0.05, 0) is 35.9 Å². The molecular weight excluding hydrogens is 489 g/mol. The second kappa shape index (κ2) is 9.59. The van der Waals surface area contributed by atoms with Gasteiger partial charge in [-0.15, -0.1) is 0 Å². The van der Waals surface area contributed by atoms with E-state index in [1.807, 2.05) is 24.3 Å². The van der Waals surface area contributed by atoms with Crippen LogP contribution in [-0.2, 0) is 16.0 Å². The molecule has 33 heavy (non-hydrogen) atoms. The van der Waals surface area contributed by atoms with Crippen LogP contribution in [0.15, 0.2) is 59.2 Å². The number of hydrogen-bond donors (Lipinski definition) is 0. The van der Waals surface area contributed by atoms with Crippen molar-refractivity contribution < 1.29 is 18.7 Å². The van der Waals surface area contributed by atoms with Crippen molar-refractivity contribution in [3.8, 4) is 0 Å². The van der Waals surface area contributed by atoms with E-state index in [9.17, 15) is 9.18 Å². The SMILES string of the molecule is O=C(OCCN1CCOCC1)c1cc2c3ccccc3n(Cc3cc(F)ccc3Br)c2cn1. The molecule has 0 radical (unpaired) electrons. The summed E-state index contributed by atoms with van der Waals surface area (Å²) in [7, 11) is 0. The minimum atomic E-state index is -0.435. The predicted molar refractivity (Wildman–Crippen MR) is 128 cm³/mol. The lowest BCUT2D eigenvalue weighted by molar-refractivity contribution is 0.0193. The summed E-state index contributed by atoms with van der Waals surface area (Å²) in [4.78, 5) is 19.3. The third kappa shape index (κ3) is 4.64. The van der Waals surface area contributed by atoms with Crippen LogP contribution in [0.4, 0.5) is 4.39 Å². The molecule has 0 amide bonds. The van der Waals surface area contributed by atoms with Gasteiger partial charge < -0.3 is 14.0 Å². The zero-order valence-corrected chi connectivity index (χ0v) is 19.6. The smallest absolute Gasteiger partial charge is 0.356 e. The number of hydrogen-bond acceptors (Lipinski definition) is 5. The fourth-order valence-electron chi connectivity index (χ4n) is 4.23. The molecule has 0 saturated carbocycles. The van der Waals surface area contributed by atoms with Crippen LogP contribution in [0.1, 0.15) is 16.1 Å². The number of morpholine rings is 1.